The van der Waals surface area contributed by atoms with E-state index in [9.17, 15) is 14.0 Å². The lowest BCUT2D eigenvalue weighted by atomic mass is 10.1. The van der Waals surface area contributed by atoms with E-state index in [1.807, 2.05) is 36.1 Å². The SMILES string of the molecule is Cc1nn(-c2ccccn2)c2nc(C3CC3)cc(C(=O)N3CCN(C(=O)Cc4ccc(F)cc4)CC3)c12. The number of pyridine rings is 2. The molecule has 4 aromatic rings. The van der Waals surface area contributed by atoms with Gasteiger partial charge in [0, 0.05) is 44.0 Å². The number of nitrogens with zero attached hydrogens (tertiary/aromatic N) is 6. The summed E-state index contributed by atoms with van der Waals surface area (Å²) in [6, 6.07) is 13.6. The van der Waals surface area contributed by atoms with Crippen molar-refractivity contribution in [3.05, 3.63) is 83.1 Å². The van der Waals surface area contributed by atoms with Crippen LogP contribution in [-0.4, -0.2) is 67.5 Å². The van der Waals surface area contributed by atoms with E-state index >= 15 is 0 Å². The van der Waals surface area contributed by atoms with Crippen molar-refractivity contribution in [1.82, 2.24) is 29.5 Å². The van der Waals surface area contributed by atoms with Crippen LogP contribution in [0.5, 0.6) is 0 Å². The average Bonchev–Trinajstić information content (AvgIpc) is 3.73. The number of benzene rings is 1. The molecular formula is C28H27FN6O2. The van der Waals surface area contributed by atoms with Crippen LogP contribution in [0.25, 0.3) is 16.9 Å². The van der Waals surface area contributed by atoms with Crippen LogP contribution in [0.2, 0.25) is 0 Å². The molecule has 1 saturated carbocycles. The molecule has 2 amide bonds. The third-order valence-corrected chi connectivity index (χ3v) is 7.11. The number of piperazine rings is 1. The Bertz CT molecular complexity index is 1470. The Morgan fingerprint density at radius 3 is 2.41 bits per heavy atom. The Labute approximate surface area is 213 Å². The normalized spacial score (nSPS) is 15.8. The number of hydrogen-bond donors (Lipinski definition) is 0. The monoisotopic (exact) mass is 498 g/mol. The standard InChI is InChI=1S/C28H27FN6O2/c1-18-26-22(17-23(20-7-8-20)31-27(26)35(32-18)24-4-2-3-11-30-24)28(37)34-14-12-33(13-15-34)25(36)16-19-5-9-21(29)10-6-19/h2-6,9-11,17,20H,7-8,12-16H2,1H3. The van der Waals surface area contributed by atoms with Gasteiger partial charge < -0.3 is 9.80 Å². The van der Waals surface area contributed by atoms with Crippen LogP contribution in [0.15, 0.2) is 54.7 Å². The van der Waals surface area contributed by atoms with Gasteiger partial charge in [-0.05, 0) is 55.7 Å². The predicted molar refractivity (Wildman–Crippen MR) is 136 cm³/mol. The number of carbonyl (C=O) groups excluding carboxylic acids is 2. The molecule has 8 nitrogen and oxygen atoms in total. The van der Waals surface area contributed by atoms with E-state index in [2.05, 4.69) is 4.98 Å². The zero-order valence-corrected chi connectivity index (χ0v) is 20.6. The van der Waals surface area contributed by atoms with Crippen LogP contribution in [-0.2, 0) is 11.2 Å². The van der Waals surface area contributed by atoms with Crippen molar-refractivity contribution in [2.75, 3.05) is 26.2 Å². The van der Waals surface area contributed by atoms with E-state index in [4.69, 9.17) is 10.1 Å². The average molecular weight is 499 g/mol. The molecule has 188 valence electrons. The molecule has 0 bridgehead atoms. The molecule has 2 aliphatic rings. The Morgan fingerprint density at radius 1 is 1.00 bits per heavy atom. The van der Waals surface area contributed by atoms with Crippen molar-refractivity contribution in [2.45, 2.75) is 32.1 Å². The fraction of sp³-hybridized carbons (Fsp3) is 0.321. The summed E-state index contributed by atoms with van der Waals surface area (Å²) in [5.74, 6) is 0.619. The van der Waals surface area contributed by atoms with Gasteiger partial charge in [-0.25, -0.2) is 14.4 Å². The van der Waals surface area contributed by atoms with Crippen LogP contribution in [0, 0.1) is 12.7 Å². The maximum absolute atomic E-state index is 13.8. The second-order valence-electron chi connectivity index (χ2n) is 9.73. The highest BCUT2D eigenvalue weighted by Crippen LogP contribution is 2.41. The van der Waals surface area contributed by atoms with Crippen molar-refractivity contribution in [2.24, 2.45) is 0 Å². The number of aryl methyl sites for hydroxylation is 1. The number of halogens is 1. The van der Waals surface area contributed by atoms with Gasteiger partial charge in [-0.1, -0.05) is 18.2 Å². The highest BCUT2D eigenvalue weighted by molar-refractivity contribution is 6.07. The summed E-state index contributed by atoms with van der Waals surface area (Å²) in [6.07, 6.45) is 4.07. The molecule has 37 heavy (non-hydrogen) atoms. The summed E-state index contributed by atoms with van der Waals surface area (Å²) in [4.78, 5) is 39.5. The fourth-order valence-corrected chi connectivity index (χ4v) is 4.92. The number of fused-ring (bicyclic) bond motifs is 1. The Hall–Kier alpha value is -4.14. The first-order valence-electron chi connectivity index (χ1n) is 12.6. The molecule has 0 radical (unpaired) electrons. The summed E-state index contributed by atoms with van der Waals surface area (Å²) in [6.45, 7) is 3.71. The van der Waals surface area contributed by atoms with Crippen molar-refractivity contribution in [1.29, 1.82) is 0 Å². The molecule has 1 aliphatic carbocycles. The van der Waals surface area contributed by atoms with Gasteiger partial charge in [0.25, 0.3) is 5.91 Å². The number of aromatic nitrogens is 4. The quantitative estimate of drug-likeness (QED) is 0.419. The van der Waals surface area contributed by atoms with E-state index in [1.54, 1.807) is 27.9 Å². The smallest absolute Gasteiger partial charge is 0.254 e. The Balaban J connectivity index is 1.24. The summed E-state index contributed by atoms with van der Waals surface area (Å²) in [5.41, 5.74) is 3.68. The van der Waals surface area contributed by atoms with Crippen LogP contribution in [0.3, 0.4) is 0 Å². The second-order valence-corrected chi connectivity index (χ2v) is 9.73. The molecule has 9 heteroatoms. The minimum Gasteiger partial charge on any atom is -0.339 e. The van der Waals surface area contributed by atoms with Gasteiger partial charge >= 0.3 is 0 Å². The first kappa shape index (κ1) is 23.3. The summed E-state index contributed by atoms with van der Waals surface area (Å²) in [5, 5.41) is 5.44. The first-order chi connectivity index (χ1) is 18.0. The van der Waals surface area contributed by atoms with Gasteiger partial charge in [-0.15, -0.1) is 0 Å². The molecule has 1 saturated heterocycles. The molecule has 4 heterocycles. The van der Waals surface area contributed by atoms with Crippen LogP contribution < -0.4 is 0 Å². The zero-order valence-electron chi connectivity index (χ0n) is 20.6. The molecule has 0 N–H and O–H groups in total. The van der Waals surface area contributed by atoms with E-state index in [1.165, 1.54) is 12.1 Å². The molecule has 0 atom stereocenters. The third kappa shape index (κ3) is 4.57. The van der Waals surface area contributed by atoms with E-state index in [0.717, 1.165) is 35.2 Å². The highest BCUT2D eigenvalue weighted by Gasteiger charge is 2.31. The van der Waals surface area contributed by atoms with Crippen LogP contribution in [0.4, 0.5) is 4.39 Å². The number of amides is 2. The van der Waals surface area contributed by atoms with E-state index in [-0.39, 0.29) is 24.1 Å². The van der Waals surface area contributed by atoms with Gasteiger partial charge in [0.2, 0.25) is 5.91 Å². The summed E-state index contributed by atoms with van der Waals surface area (Å²) < 4.78 is 14.9. The maximum atomic E-state index is 13.8. The Morgan fingerprint density at radius 2 is 1.73 bits per heavy atom. The maximum Gasteiger partial charge on any atom is 0.254 e. The fourth-order valence-electron chi connectivity index (χ4n) is 4.92. The molecule has 0 unspecified atom stereocenters. The minimum absolute atomic E-state index is 0.0199. The van der Waals surface area contributed by atoms with Crippen molar-refractivity contribution in [3.8, 4) is 5.82 Å². The summed E-state index contributed by atoms with van der Waals surface area (Å²) in [7, 11) is 0. The Kier molecular flexibility index (Phi) is 5.90. The van der Waals surface area contributed by atoms with Crippen molar-refractivity contribution < 1.29 is 14.0 Å². The topological polar surface area (TPSA) is 84.2 Å². The highest BCUT2D eigenvalue weighted by atomic mass is 19.1. The number of rotatable bonds is 5. The molecule has 1 aromatic carbocycles. The van der Waals surface area contributed by atoms with Gasteiger partial charge in [0.15, 0.2) is 11.5 Å². The molecule has 6 rings (SSSR count). The van der Waals surface area contributed by atoms with Gasteiger partial charge in [-0.2, -0.15) is 9.78 Å². The third-order valence-electron chi connectivity index (χ3n) is 7.11. The van der Waals surface area contributed by atoms with E-state index < -0.39 is 0 Å². The molecule has 2 fully saturated rings. The van der Waals surface area contributed by atoms with Gasteiger partial charge in [0.1, 0.15) is 5.82 Å². The molecular weight excluding hydrogens is 471 g/mol. The zero-order chi connectivity index (χ0) is 25.5. The van der Waals surface area contributed by atoms with Crippen LogP contribution in [0.1, 0.15) is 46.1 Å². The molecule has 0 spiro atoms. The lowest BCUT2D eigenvalue weighted by molar-refractivity contribution is -0.131. The van der Waals surface area contributed by atoms with Crippen molar-refractivity contribution in [3.63, 3.8) is 0 Å². The first-order valence-corrected chi connectivity index (χ1v) is 12.6. The second kappa shape index (κ2) is 9.38. The predicted octanol–water partition coefficient (Wildman–Crippen LogP) is 3.67. The number of carbonyl (C=O) groups is 2. The molecule has 1 aliphatic heterocycles. The number of hydrogen-bond acceptors (Lipinski definition) is 5. The minimum atomic E-state index is -0.320. The largest absolute Gasteiger partial charge is 0.339 e. The lowest BCUT2D eigenvalue weighted by Crippen LogP contribution is -2.51. The summed E-state index contributed by atoms with van der Waals surface area (Å²) >= 11 is 0. The van der Waals surface area contributed by atoms with Crippen molar-refractivity contribution >= 4 is 22.8 Å². The van der Waals surface area contributed by atoms with Gasteiger partial charge in [-0.3, -0.25) is 9.59 Å². The molecule has 3 aromatic heterocycles. The van der Waals surface area contributed by atoms with Crippen LogP contribution >= 0.6 is 0 Å². The van der Waals surface area contributed by atoms with E-state index in [0.29, 0.717) is 49.1 Å². The van der Waals surface area contributed by atoms with Gasteiger partial charge in [0.05, 0.1) is 23.1 Å². The lowest BCUT2D eigenvalue weighted by Gasteiger charge is -2.35.